The zero-order chi connectivity index (χ0) is 20.1. The molecule has 2 rings (SSSR count). The number of ketones is 2. The monoisotopic (exact) mass is 394 g/mol. The first-order valence-electron chi connectivity index (χ1n) is 7.57. The maximum absolute atomic E-state index is 12.3. The summed E-state index contributed by atoms with van der Waals surface area (Å²) in [7, 11) is 1.22. The lowest BCUT2D eigenvalue weighted by molar-refractivity contribution is -0.119. The highest BCUT2D eigenvalue weighted by atomic mass is 35.5. The number of halogens is 1. The summed E-state index contributed by atoms with van der Waals surface area (Å²) in [6, 6.07) is 2.01. The Kier molecular flexibility index (Phi) is 6.19. The quantitative estimate of drug-likeness (QED) is 0.391. The van der Waals surface area contributed by atoms with Crippen molar-refractivity contribution in [1.82, 2.24) is 10.6 Å². The molecule has 0 aromatic heterocycles. The predicted molar refractivity (Wildman–Crippen MR) is 93.1 cm³/mol. The minimum Gasteiger partial charge on any atom is -0.507 e. The second-order valence-electron chi connectivity index (χ2n) is 5.35. The Bertz CT molecular complexity index is 890. The van der Waals surface area contributed by atoms with E-state index in [0.29, 0.717) is 0 Å². The lowest BCUT2D eigenvalue weighted by Crippen LogP contribution is -2.31. The van der Waals surface area contributed by atoms with Gasteiger partial charge in [0.05, 0.1) is 23.4 Å². The fourth-order valence-electron chi connectivity index (χ4n) is 2.43. The van der Waals surface area contributed by atoms with Crippen molar-refractivity contribution in [2.24, 2.45) is 0 Å². The van der Waals surface area contributed by atoms with Crippen LogP contribution in [-0.4, -0.2) is 47.8 Å². The highest BCUT2D eigenvalue weighted by Gasteiger charge is 2.29. The number of hydrogen-bond donors (Lipinski definition) is 4. The Hall–Kier alpha value is -3.33. The van der Waals surface area contributed by atoms with E-state index in [4.69, 9.17) is 16.3 Å². The smallest absolute Gasteiger partial charge is 0.255 e. The third kappa shape index (κ3) is 4.26. The van der Waals surface area contributed by atoms with Crippen molar-refractivity contribution in [2.45, 2.75) is 6.42 Å². The summed E-state index contributed by atoms with van der Waals surface area (Å²) in [5.74, 6) is -2.94. The lowest BCUT2D eigenvalue weighted by Gasteiger charge is -2.17. The topological polar surface area (TPSA) is 142 Å². The van der Waals surface area contributed by atoms with Crippen LogP contribution in [0, 0.1) is 0 Å². The third-order valence-electron chi connectivity index (χ3n) is 3.68. The molecule has 9 nitrogen and oxygen atoms in total. The van der Waals surface area contributed by atoms with Crippen molar-refractivity contribution < 1.29 is 34.1 Å². The summed E-state index contributed by atoms with van der Waals surface area (Å²) in [4.78, 5) is 47.0. The number of methoxy groups -OCH3 is 1. The molecule has 1 aromatic rings. The maximum atomic E-state index is 12.3. The molecule has 142 valence electrons. The number of Topliss-reactive ketones (excluding diaryl/α,β-unsaturated/α-hetero) is 1. The van der Waals surface area contributed by atoms with E-state index in [9.17, 15) is 29.4 Å². The number of nitrogens with one attached hydrogen (secondary N) is 2. The fourth-order valence-corrected chi connectivity index (χ4v) is 2.59. The summed E-state index contributed by atoms with van der Waals surface area (Å²) in [5, 5.41) is 23.6. The van der Waals surface area contributed by atoms with Crippen LogP contribution in [0.3, 0.4) is 0 Å². The van der Waals surface area contributed by atoms with Crippen LogP contribution in [0.25, 0.3) is 0 Å². The molecule has 1 aliphatic carbocycles. The van der Waals surface area contributed by atoms with Gasteiger partial charge in [-0.15, -0.1) is 0 Å². The van der Waals surface area contributed by atoms with Gasteiger partial charge < -0.3 is 25.6 Å². The van der Waals surface area contributed by atoms with Gasteiger partial charge >= 0.3 is 0 Å². The summed E-state index contributed by atoms with van der Waals surface area (Å²) in [6.45, 7) is -0.0770. The van der Waals surface area contributed by atoms with Crippen LogP contribution in [0.1, 0.15) is 16.8 Å². The zero-order valence-electron chi connectivity index (χ0n) is 14.0. The molecular weight excluding hydrogens is 380 g/mol. The third-order valence-corrected chi connectivity index (χ3v) is 3.98. The van der Waals surface area contributed by atoms with E-state index in [1.807, 2.05) is 0 Å². The average Bonchev–Trinajstić information content (AvgIpc) is 2.62. The van der Waals surface area contributed by atoms with Gasteiger partial charge in [0.2, 0.25) is 18.0 Å². The molecule has 27 heavy (non-hydrogen) atoms. The normalized spacial score (nSPS) is 13.9. The minimum absolute atomic E-state index is 0.0115. The van der Waals surface area contributed by atoms with Crippen LogP contribution in [0.4, 0.5) is 0 Å². The number of hydrogen-bond acceptors (Lipinski definition) is 7. The molecule has 2 amide bonds. The van der Waals surface area contributed by atoms with Gasteiger partial charge in [0.15, 0.2) is 5.76 Å². The van der Waals surface area contributed by atoms with E-state index >= 15 is 0 Å². The molecule has 4 N–H and O–H groups in total. The van der Waals surface area contributed by atoms with Crippen LogP contribution in [0.2, 0.25) is 5.02 Å². The van der Waals surface area contributed by atoms with Crippen molar-refractivity contribution in [3.8, 4) is 11.5 Å². The standard InChI is InChI=1S/C17H15ClN2O7/c1-27-16-8(15(25)11(20-7-21)5-14(16)24)2-3-19-17(26)9-4-10(18)13(23)6-12(9)22/h4-7,22-23H,2-3H2,1H3,(H,19,26)(H,20,21). The number of allylic oxidation sites excluding steroid dienone is 2. The van der Waals surface area contributed by atoms with Crippen LogP contribution in [0.15, 0.2) is 35.2 Å². The molecule has 0 spiro atoms. The summed E-state index contributed by atoms with van der Waals surface area (Å²) >= 11 is 5.72. The Morgan fingerprint density at radius 3 is 2.59 bits per heavy atom. The van der Waals surface area contributed by atoms with Crippen molar-refractivity contribution in [3.63, 3.8) is 0 Å². The van der Waals surface area contributed by atoms with E-state index in [0.717, 1.165) is 18.2 Å². The number of carbonyl (C=O) groups is 4. The highest BCUT2D eigenvalue weighted by molar-refractivity contribution is 6.32. The van der Waals surface area contributed by atoms with Gasteiger partial charge in [-0.1, -0.05) is 11.6 Å². The number of carbonyl (C=O) groups excluding carboxylic acids is 4. The van der Waals surface area contributed by atoms with E-state index < -0.39 is 23.2 Å². The molecule has 0 saturated carbocycles. The van der Waals surface area contributed by atoms with Gasteiger partial charge in [0, 0.05) is 24.3 Å². The van der Waals surface area contributed by atoms with Gasteiger partial charge in [-0.3, -0.25) is 19.2 Å². The number of amides is 2. The van der Waals surface area contributed by atoms with Crippen molar-refractivity contribution in [2.75, 3.05) is 13.7 Å². The number of ether oxygens (including phenoxy) is 1. The summed E-state index contributed by atoms with van der Waals surface area (Å²) in [5.41, 5.74) is -0.379. The molecule has 0 radical (unpaired) electrons. The van der Waals surface area contributed by atoms with Gasteiger partial charge in [-0.05, 0) is 12.5 Å². The Morgan fingerprint density at radius 2 is 1.96 bits per heavy atom. The van der Waals surface area contributed by atoms with Crippen molar-refractivity contribution >= 4 is 35.5 Å². The van der Waals surface area contributed by atoms with Gasteiger partial charge in [0.25, 0.3) is 5.91 Å². The van der Waals surface area contributed by atoms with Crippen LogP contribution in [0.5, 0.6) is 11.5 Å². The molecule has 0 atom stereocenters. The molecule has 0 heterocycles. The van der Waals surface area contributed by atoms with E-state index in [-0.39, 0.29) is 52.7 Å². The Balaban J connectivity index is 2.12. The van der Waals surface area contributed by atoms with E-state index in [1.165, 1.54) is 7.11 Å². The molecule has 0 bridgehead atoms. The largest absolute Gasteiger partial charge is 0.507 e. The fraction of sp³-hybridized carbons (Fsp3) is 0.176. The first-order chi connectivity index (χ1) is 12.8. The number of aromatic hydroxyl groups is 2. The molecule has 1 aliphatic rings. The maximum Gasteiger partial charge on any atom is 0.255 e. The first-order valence-corrected chi connectivity index (χ1v) is 7.95. The Labute approximate surface area is 158 Å². The van der Waals surface area contributed by atoms with E-state index in [1.54, 1.807) is 0 Å². The van der Waals surface area contributed by atoms with Crippen LogP contribution in [-0.2, 0) is 19.1 Å². The Morgan fingerprint density at radius 1 is 1.26 bits per heavy atom. The molecule has 0 fully saturated rings. The number of rotatable bonds is 7. The SMILES string of the molecule is COC1=C(CCNC(=O)c2cc(Cl)c(O)cc2O)C(=O)C(NC=O)=CC1=O. The number of phenols is 2. The molecule has 0 saturated heterocycles. The predicted octanol–water partition coefficient (Wildman–Crippen LogP) is 0.553. The average molecular weight is 395 g/mol. The summed E-state index contributed by atoms with van der Waals surface area (Å²) < 4.78 is 4.95. The number of phenolic OH excluding ortho intramolecular Hbond substituents is 2. The van der Waals surface area contributed by atoms with Crippen LogP contribution < -0.4 is 10.6 Å². The van der Waals surface area contributed by atoms with Crippen molar-refractivity contribution in [1.29, 1.82) is 0 Å². The zero-order valence-corrected chi connectivity index (χ0v) is 14.8. The molecule has 1 aromatic carbocycles. The van der Waals surface area contributed by atoms with Gasteiger partial charge in [-0.2, -0.15) is 0 Å². The second kappa shape index (κ2) is 8.37. The molecular formula is C17H15ClN2O7. The second-order valence-corrected chi connectivity index (χ2v) is 5.76. The lowest BCUT2D eigenvalue weighted by atomic mass is 9.96. The number of benzene rings is 1. The minimum atomic E-state index is -0.703. The summed E-state index contributed by atoms with van der Waals surface area (Å²) in [6.07, 6.45) is 1.16. The molecule has 0 aliphatic heterocycles. The van der Waals surface area contributed by atoms with Gasteiger partial charge in [-0.25, -0.2) is 0 Å². The van der Waals surface area contributed by atoms with E-state index in [2.05, 4.69) is 10.6 Å². The highest BCUT2D eigenvalue weighted by Crippen LogP contribution is 2.30. The van der Waals surface area contributed by atoms with Gasteiger partial charge in [0.1, 0.15) is 11.5 Å². The first kappa shape index (κ1) is 20.0. The van der Waals surface area contributed by atoms with Crippen molar-refractivity contribution in [3.05, 3.63) is 45.8 Å². The molecule has 10 heteroatoms. The molecule has 0 unspecified atom stereocenters. The van der Waals surface area contributed by atoms with Crippen LogP contribution >= 0.6 is 11.6 Å².